The molecule has 1 aliphatic rings. The van der Waals surface area contributed by atoms with Crippen LogP contribution in [-0.2, 0) is 17.1 Å². The smallest absolute Gasteiger partial charge is 0.261 e. The van der Waals surface area contributed by atoms with Crippen molar-refractivity contribution in [3.05, 3.63) is 11.2 Å². The van der Waals surface area contributed by atoms with Gasteiger partial charge in [-0.2, -0.15) is 9.40 Å². The molecule has 2 rings (SSSR count). The van der Waals surface area contributed by atoms with E-state index < -0.39 is 10.0 Å². The van der Waals surface area contributed by atoms with Gasteiger partial charge in [0.1, 0.15) is 0 Å². The highest BCUT2D eigenvalue weighted by molar-refractivity contribution is 7.89. The Morgan fingerprint density at radius 3 is 2.84 bits per heavy atom. The topological polar surface area (TPSA) is 67.2 Å². The number of aromatic nitrogens is 2. The molecule has 1 aliphatic heterocycles. The minimum atomic E-state index is -3.60. The second-order valence-electron chi connectivity index (χ2n) is 4.78. The van der Waals surface area contributed by atoms with Gasteiger partial charge in [0.05, 0.1) is 11.2 Å². The first-order valence-electron chi connectivity index (χ1n) is 6.31. The van der Waals surface area contributed by atoms with Gasteiger partial charge in [-0.05, 0) is 32.4 Å². The lowest BCUT2D eigenvalue weighted by Crippen LogP contribution is -2.38. The molecular formula is C11H19ClN4O2S. The standard InChI is InChI=1S/C11H19ClN4O2S/c1-15-11(10(12)8-14-15)19(17,18)16(2)9-4-3-6-13-7-5-9/h8-9,13H,3-7H2,1-2H3. The van der Waals surface area contributed by atoms with Crippen LogP contribution in [0.2, 0.25) is 5.02 Å². The molecule has 0 saturated carbocycles. The van der Waals surface area contributed by atoms with Gasteiger partial charge in [-0.25, -0.2) is 8.42 Å². The molecule has 1 N–H and O–H groups in total. The molecule has 1 unspecified atom stereocenters. The van der Waals surface area contributed by atoms with Crippen molar-refractivity contribution in [1.29, 1.82) is 0 Å². The van der Waals surface area contributed by atoms with E-state index in [4.69, 9.17) is 11.6 Å². The van der Waals surface area contributed by atoms with E-state index in [0.29, 0.717) is 0 Å². The van der Waals surface area contributed by atoms with Gasteiger partial charge in [0, 0.05) is 20.1 Å². The van der Waals surface area contributed by atoms with Gasteiger partial charge in [0.15, 0.2) is 5.03 Å². The molecule has 0 amide bonds. The number of aryl methyl sites for hydroxylation is 1. The number of halogens is 1. The predicted octanol–water partition coefficient (Wildman–Crippen LogP) is 0.836. The van der Waals surface area contributed by atoms with E-state index in [2.05, 4.69) is 10.4 Å². The van der Waals surface area contributed by atoms with Crippen molar-refractivity contribution in [2.45, 2.75) is 30.3 Å². The third-order valence-corrected chi connectivity index (χ3v) is 5.94. The summed E-state index contributed by atoms with van der Waals surface area (Å²) < 4.78 is 28.0. The Morgan fingerprint density at radius 2 is 2.21 bits per heavy atom. The lowest BCUT2D eigenvalue weighted by molar-refractivity contribution is 0.338. The maximum Gasteiger partial charge on any atom is 0.261 e. The third kappa shape index (κ3) is 2.94. The molecule has 1 aromatic rings. The number of hydrogen-bond acceptors (Lipinski definition) is 4. The van der Waals surface area contributed by atoms with E-state index in [1.54, 1.807) is 14.1 Å². The van der Waals surface area contributed by atoms with E-state index in [9.17, 15) is 8.42 Å². The van der Waals surface area contributed by atoms with Crippen LogP contribution >= 0.6 is 11.6 Å². The maximum atomic E-state index is 12.6. The summed E-state index contributed by atoms with van der Waals surface area (Å²) in [5.41, 5.74) is 0. The summed E-state index contributed by atoms with van der Waals surface area (Å²) >= 11 is 5.94. The SMILES string of the molecule is CN(C1CCCNCC1)S(=O)(=O)c1c(Cl)cnn1C. The van der Waals surface area contributed by atoms with Crippen molar-refractivity contribution in [2.75, 3.05) is 20.1 Å². The maximum absolute atomic E-state index is 12.6. The van der Waals surface area contributed by atoms with Crippen LogP contribution in [-0.4, -0.2) is 48.7 Å². The van der Waals surface area contributed by atoms with Gasteiger partial charge in [0.25, 0.3) is 10.0 Å². The molecule has 0 bridgehead atoms. The lowest BCUT2D eigenvalue weighted by atomic mass is 10.1. The third-order valence-electron chi connectivity index (χ3n) is 3.53. The second-order valence-corrected chi connectivity index (χ2v) is 7.10. The molecule has 1 fully saturated rings. The lowest BCUT2D eigenvalue weighted by Gasteiger charge is -2.26. The van der Waals surface area contributed by atoms with Crippen molar-refractivity contribution in [1.82, 2.24) is 19.4 Å². The normalized spacial score (nSPS) is 21.6. The Kier molecular flexibility index (Phi) is 4.50. The molecule has 108 valence electrons. The van der Waals surface area contributed by atoms with E-state index in [0.717, 1.165) is 32.4 Å². The molecule has 6 nitrogen and oxygen atoms in total. The number of hydrogen-bond donors (Lipinski definition) is 1. The Hall–Kier alpha value is -0.630. The van der Waals surface area contributed by atoms with Crippen LogP contribution in [0.5, 0.6) is 0 Å². The van der Waals surface area contributed by atoms with Gasteiger partial charge >= 0.3 is 0 Å². The molecule has 8 heteroatoms. The summed E-state index contributed by atoms with van der Waals surface area (Å²) in [4.78, 5) is 0. The highest BCUT2D eigenvalue weighted by Crippen LogP contribution is 2.26. The molecule has 0 spiro atoms. The molecule has 1 aromatic heterocycles. The van der Waals surface area contributed by atoms with Crippen LogP contribution in [0, 0.1) is 0 Å². The molecule has 1 atom stereocenters. The molecule has 0 radical (unpaired) electrons. The van der Waals surface area contributed by atoms with E-state index in [1.165, 1.54) is 15.2 Å². The first-order chi connectivity index (χ1) is 8.94. The minimum Gasteiger partial charge on any atom is -0.317 e. The van der Waals surface area contributed by atoms with Crippen LogP contribution in [0.4, 0.5) is 0 Å². The zero-order valence-corrected chi connectivity index (χ0v) is 12.7. The number of rotatable bonds is 3. The first-order valence-corrected chi connectivity index (χ1v) is 8.12. The van der Waals surface area contributed by atoms with E-state index in [1.807, 2.05) is 0 Å². The average molecular weight is 307 g/mol. The fourth-order valence-electron chi connectivity index (χ4n) is 2.39. The van der Waals surface area contributed by atoms with Crippen LogP contribution < -0.4 is 5.32 Å². The van der Waals surface area contributed by atoms with Gasteiger partial charge in [-0.3, -0.25) is 4.68 Å². The Balaban J connectivity index is 2.28. The summed E-state index contributed by atoms with van der Waals surface area (Å²) in [6.07, 6.45) is 4.00. The van der Waals surface area contributed by atoms with Crippen molar-refractivity contribution in [3.8, 4) is 0 Å². The first kappa shape index (κ1) is 14.8. The quantitative estimate of drug-likeness (QED) is 0.898. The van der Waals surface area contributed by atoms with Crippen LogP contribution in [0.25, 0.3) is 0 Å². The molecule has 2 heterocycles. The summed E-state index contributed by atoms with van der Waals surface area (Å²) in [6.45, 7) is 1.78. The molecule has 0 aliphatic carbocycles. The fraction of sp³-hybridized carbons (Fsp3) is 0.727. The number of sulfonamides is 1. The van der Waals surface area contributed by atoms with Gasteiger partial charge < -0.3 is 5.32 Å². The zero-order chi connectivity index (χ0) is 14.0. The predicted molar refractivity (Wildman–Crippen MR) is 73.7 cm³/mol. The second kappa shape index (κ2) is 5.78. The fourth-order valence-corrected chi connectivity index (χ4v) is 4.40. The number of nitrogens with zero attached hydrogens (tertiary/aromatic N) is 3. The molecular weight excluding hydrogens is 288 g/mol. The van der Waals surface area contributed by atoms with Crippen molar-refractivity contribution in [3.63, 3.8) is 0 Å². The average Bonchev–Trinajstić information content (AvgIpc) is 2.59. The van der Waals surface area contributed by atoms with E-state index in [-0.39, 0.29) is 16.1 Å². The zero-order valence-electron chi connectivity index (χ0n) is 11.1. The van der Waals surface area contributed by atoms with Crippen LogP contribution in [0.15, 0.2) is 11.2 Å². The molecule has 0 aromatic carbocycles. The molecule has 1 saturated heterocycles. The Bertz CT molecular complexity index is 515. The number of nitrogens with one attached hydrogen (secondary N) is 1. The van der Waals surface area contributed by atoms with Crippen LogP contribution in [0.3, 0.4) is 0 Å². The van der Waals surface area contributed by atoms with Gasteiger partial charge in [0.2, 0.25) is 0 Å². The summed E-state index contributed by atoms with van der Waals surface area (Å²) in [5.74, 6) is 0. The van der Waals surface area contributed by atoms with Crippen molar-refractivity contribution < 1.29 is 8.42 Å². The van der Waals surface area contributed by atoms with Gasteiger partial charge in [-0.1, -0.05) is 11.6 Å². The highest BCUT2D eigenvalue weighted by atomic mass is 35.5. The van der Waals surface area contributed by atoms with E-state index >= 15 is 0 Å². The van der Waals surface area contributed by atoms with Gasteiger partial charge in [-0.15, -0.1) is 0 Å². The summed E-state index contributed by atoms with van der Waals surface area (Å²) in [7, 11) is -0.394. The monoisotopic (exact) mass is 306 g/mol. The van der Waals surface area contributed by atoms with Crippen LogP contribution in [0.1, 0.15) is 19.3 Å². The summed E-state index contributed by atoms with van der Waals surface area (Å²) in [5, 5.41) is 7.40. The Labute approximate surface area is 118 Å². The summed E-state index contributed by atoms with van der Waals surface area (Å²) in [6, 6.07) is 0.00552. The Morgan fingerprint density at radius 1 is 1.47 bits per heavy atom. The highest BCUT2D eigenvalue weighted by Gasteiger charge is 2.32. The molecule has 19 heavy (non-hydrogen) atoms. The minimum absolute atomic E-state index is 0.00552. The largest absolute Gasteiger partial charge is 0.317 e. The van der Waals surface area contributed by atoms with Crippen molar-refractivity contribution >= 4 is 21.6 Å². The van der Waals surface area contributed by atoms with Crippen molar-refractivity contribution in [2.24, 2.45) is 7.05 Å².